The van der Waals surface area contributed by atoms with Crippen molar-refractivity contribution in [1.29, 1.82) is 0 Å². The normalized spacial score (nSPS) is 12.3. The van der Waals surface area contributed by atoms with Crippen LogP contribution in [0.2, 0.25) is 0 Å². The summed E-state index contributed by atoms with van der Waals surface area (Å²) < 4.78 is 0. The van der Waals surface area contributed by atoms with E-state index in [2.05, 4.69) is 15.5 Å². The summed E-state index contributed by atoms with van der Waals surface area (Å²) >= 11 is 0. The zero-order valence-electron chi connectivity index (χ0n) is 9.96. The number of carbonyl (C=O) groups is 1. The molecule has 0 saturated carbocycles. The third-order valence-corrected chi connectivity index (χ3v) is 2.62. The number of aromatic amines is 1. The predicted molar refractivity (Wildman–Crippen MR) is 67.8 cm³/mol. The Morgan fingerprint density at radius 3 is 2.74 bits per heavy atom. The second kappa shape index (κ2) is 5.59. The van der Waals surface area contributed by atoms with Gasteiger partial charge in [0.1, 0.15) is 0 Å². The minimum atomic E-state index is -1.03. The van der Waals surface area contributed by atoms with Crippen LogP contribution in [0.25, 0.3) is 10.8 Å². The molecule has 4 N–H and O–H groups in total. The fourth-order valence-electron chi connectivity index (χ4n) is 1.65. The topological polar surface area (TPSA) is 115 Å². The summed E-state index contributed by atoms with van der Waals surface area (Å²) in [6, 6.07) is 6.60. The molecule has 0 aliphatic carbocycles. The molecular formula is C12H13N3O4. The maximum Gasteiger partial charge on any atom is 0.272 e. The van der Waals surface area contributed by atoms with E-state index >= 15 is 0 Å². The van der Waals surface area contributed by atoms with E-state index in [1.807, 2.05) is 0 Å². The maximum absolute atomic E-state index is 11.9. The number of fused-ring (bicyclic) bond motifs is 1. The molecule has 7 heteroatoms. The van der Waals surface area contributed by atoms with E-state index in [0.29, 0.717) is 10.8 Å². The Hall–Kier alpha value is -2.25. The largest absolute Gasteiger partial charge is 0.394 e. The van der Waals surface area contributed by atoms with Crippen molar-refractivity contribution in [3.8, 4) is 0 Å². The fourth-order valence-corrected chi connectivity index (χ4v) is 1.65. The van der Waals surface area contributed by atoms with Crippen molar-refractivity contribution in [3.63, 3.8) is 0 Å². The van der Waals surface area contributed by atoms with Gasteiger partial charge >= 0.3 is 0 Å². The van der Waals surface area contributed by atoms with Crippen LogP contribution in [0.3, 0.4) is 0 Å². The molecule has 19 heavy (non-hydrogen) atoms. The van der Waals surface area contributed by atoms with Crippen molar-refractivity contribution in [2.24, 2.45) is 0 Å². The number of carbonyl (C=O) groups excluding carboxylic acids is 1. The van der Waals surface area contributed by atoms with Gasteiger partial charge in [-0.2, -0.15) is 5.10 Å². The van der Waals surface area contributed by atoms with E-state index in [1.54, 1.807) is 24.3 Å². The number of H-pyrrole nitrogens is 1. The van der Waals surface area contributed by atoms with Crippen LogP contribution in [0.4, 0.5) is 0 Å². The van der Waals surface area contributed by atoms with E-state index in [-0.39, 0.29) is 17.8 Å². The van der Waals surface area contributed by atoms with Gasteiger partial charge in [-0.05, 0) is 6.07 Å². The number of nitrogens with zero attached hydrogens (tertiary/aromatic N) is 1. The number of aliphatic hydroxyl groups is 2. The van der Waals surface area contributed by atoms with Gasteiger partial charge in [-0.1, -0.05) is 18.2 Å². The van der Waals surface area contributed by atoms with E-state index in [4.69, 9.17) is 10.2 Å². The molecule has 0 aliphatic heterocycles. The van der Waals surface area contributed by atoms with Crippen LogP contribution >= 0.6 is 0 Å². The van der Waals surface area contributed by atoms with Gasteiger partial charge in [0.15, 0.2) is 5.69 Å². The van der Waals surface area contributed by atoms with Crippen LogP contribution in [0, 0.1) is 0 Å². The van der Waals surface area contributed by atoms with Crippen LogP contribution in [-0.4, -0.2) is 45.6 Å². The number of aromatic nitrogens is 2. The van der Waals surface area contributed by atoms with Crippen LogP contribution in [0.1, 0.15) is 10.5 Å². The SMILES string of the molecule is O=C(NCC(O)CO)c1n[nH]c(=O)c2ccccc12. The number of benzene rings is 1. The Morgan fingerprint density at radius 2 is 2.05 bits per heavy atom. The zero-order valence-corrected chi connectivity index (χ0v) is 9.96. The van der Waals surface area contributed by atoms with Crippen molar-refractivity contribution >= 4 is 16.7 Å². The highest BCUT2D eigenvalue weighted by molar-refractivity contribution is 6.04. The molecule has 0 fully saturated rings. The Morgan fingerprint density at radius 1 is 1.37 bits per heavy atom. The molecule has 0 bridgehead atoms. The van der Waals surface area contributed by atoms with E-state index in [9.17, 15) is 9.59 Å². The number of hydrogen-bond acceptors (Lipinski definition) is 5. The molecule has 1 heterocycles. The molecule has 0 aliphatic rings. The Balaban J connectivity index is 2.33. The first-order chi connectivity index (χ1) is 9.13. The van der Waals surface area contributed by atoms with Crippen molar-refractivity contribution in [1.82, 2.24) is 15.5 Å². The second-order valence-corrected chi connectivity index (χ2v) is 3.99. The molecule has 0 saturated heterocycles. The number of amides is 1. The average Bonchev–Trinajstić information content (AvgIpc) is 2.45. The van der Waals surface area contributed by atoms with Gasteiger partial charge in [-0.15, -0.1) is 0 Å². The van der Waals surface area contributed by atoms with Gasteiger partial charge in [-0.25, -0.2) is 5.10 Å². The van der Waals surface area contributed by atoms with Gasteiger partial charge in [0.25, 0.3) is 11.5 Å². The lowest BCUT2D eigenvalue weighted by Gasteiger charge is -2.09. The van der Waals surface area contributed by atoms with Gasteiger partial charge in [-0.3, -0.25) is 9.59 Å². The lowest BCUT2D eigenvalue weighted by atomic mass is 10.1. The van der Waals surface area contributed by atoms with Crippen molar-refractivity contribution < 1.29 is 15.0 Å². The molecule has 1 amide bonds. The van der Waals surface area contributed by atoms with Crippen molar-refractivity contribution in [2.45, 2.75) is 6.10 Å². The van der Waals surface area contributed by atoms with Gasteiger partial charge in [0.05, 0.1) is 18.1 Å². The molecule has 1 atom stereocenters. The zero-order chi connectivity index (χ0) is 13.8. The first kappa shape index (κ1) is 13.2. The van der Waals surface area contributed by atoms with Gasteiger partial charge in [0, 0.05) is 11.9 Å². The molecule has 0 radical (unpaired) electrons. The number of aliphatic hydroxyl groups excluding tert-OH is 2. The predicted octanol–water partition coefficient (Wildman–Crippen LogP) is -0.994. The molecule has 100 valence electrons. The number of hydrogen-bond donors (Lipinski definition) is 4. The molecular weight excluding hydrogens is 250 g/mol. The second-order valence-electron chi connectivity index (χ2n) is 3.99. The lowest BCUT2D eigenvalue weighted by Crippen LogP contribution is -2.35. The number of rotatable bonds is 4. The summed E-state index contributed by atoms with van der Waals surface area (Å²) in [4.78, 5) is 23.4. The third-order valence-electron chi connectivity index (χ3n) is 2.62. The summed E-state index contributed by atoms with van der Waals surface area (Å²) in [6.45, 7) is -0.537. The summed E-state index contributed by atoms with van der Waals surface area (Å²) in [5, 5.41) is 27.0. The molecule has 7 nitrogen and oxygen atoms in total. The first-order valence-corrected chi connectivity index (χ1v) is 5.68. The highest BCUT2D eigenvalue weighted by Crippen LogP contribution is 2.11. The minimum absolute atomic E-state index is 0.0698. The molecule has 2 rings (SSSR count). The molecule has 1 aromatic heterocycles. The summed E-state index contributed by atoms with van der Waals surface area (Å²) in [5.74, 6) is -0.528. The van der Waals surface area contributed by atoms with E-state index < -0.39 is 18.6 Å². The van der Waals surface area contributed by atoms with E-state index in [1.165, 1.54) is 0 Å². The standard InChI is InChI=1S/C12H13N3O4/c16-6-7(17)5-13-12(19)10-8-3-1-2-4-9(8)11(18)15-14-10/h1-4,7,16-17H,5-6H2,(H,13,19)(H,15,18). The third kappa shape index (κ3) is 2.78. The molecule has 0 spiro atoms. The van der Waals surface area contributed by atoms with E-state index in [0.717, 1.165) is 0 Å². The van der Waals surface area contributed by atoms with Gasteiger partial charge < -0.3 is 15.5 Å². The van der Waals surface area contributed by atoms with Crippen molar-refractivity contribution in [2.75, 3.05) is 13.2 Å². The smallest absolute Gasteiger partial charge is 0.272 e. The summed E-state index contributed by atoms with van der Waals surface area (Å²) in [6.07, 6.45) is -1.03. The summed E-state index contributed by atoms with van der Waals surface area (Å²) in [5.41, 5.74) is -0.303. The monoisotopic (exact) mass is 263 g/mol. The maximum atomic E-state index is 11.9. The molecule has 1 aromatic carbocycles. The van der Waals surface area contributed by atoms with Crippen LogP contribution < -0.4 is 10.9 Å². The average molecular weight is 263 g/mol. The minimum Gasteiger partial charge on any atom is -0.394 e. The highest BCUT2D eigenvalue weighted by atomic mass is 16.3. The quantitative estimate of drug-likeness (QED) is 0.565. The fraction of sp³-hybridized carbons (Fsp3) is 0.250. The van der Waals surface area contributed by atoms with Crippen LogP contribution in [0.15, 0.2) is 29.1 Å². The lowest BCUT2D eigenvalue weighted by molar-refractivity contribution is 0.0799. The Kier molecular flexibility index (Phi) is 3.88. The first-order valence-electron chi connectivity index (χ1n) is 5.68. The Labute approximate surface area is 107 Å². The Bertz CT molecular complexity index is 653. The highest BCUT2D eigenvalue weighted by Gasteiger charge is 2.14. The van der Waals surface area contributed by atoms with Crippen LogP contribution in [-0.2, 0) is 0 Å². The molecule has 1 unspecified atom stereocenters. The van der Waals surface area contributed by atoms with Crippen LogP contribution in [0.5, 0.6) is 0 Å². The van der Waals surface area contributed by atoms with Crippen molar-refractivity contribution in [3.05, 3.63) is 40.3 Å². The summed E-state index contributed by atoms with van der Waals surface area (Å²) in [7, 11) is 0. The molecule has 2 aromatic rings. The van der Waals surface area contributed by atoms with Gasteiger partial charge in [0.2, 0.25) is 0 Å². The number of nitrogens with one attached hydrogen (secondary N) is 2.